The van der Waals surface area contributed by atoms with Gasteiger partial charge in [-0.1, -0.05) is 33.8 Å². The maximum atomic E-state index is 13.2. The summed E-state index contributed by atoms with van der Waals surface area (Å²) in [6.45, 7) is 8.83. The topological polar surface area (TPSA) is 124 Å². The third-order valence-corrected chi connectivity index (χ3v) is 9.55. The molecule has 2 saturated carbocycles. The van der Waals surface area contributed by atoms with Crippen LogP contribution in [0.5, 0.6) is 11.5 Å². The summed E-state index contributed by atoms with van der Waals surface area (Å²) in [7, 11) is 0. The average molecular weight is 502 g/mol. The molecule has 1 heterocycles. The Morgan fingerprint density at radius 1 is 1.14 bits per heavy atom. The van der Waals surface area contributed by atoms with Crippen molar-refractivity contribution in [3.63, 3.8) is 0 Å². The van der Waals surface area contributed by atoms with Crippen LogP contribution in [-0.2, 0) is 25.5 Å². The first-order chi connectivity index (χ1) is 16.8. The number of likely N-dealkylation sites (tertiary alicyclic amines) is 1. The molecule has 0 aromatic heterocycles. The van der Waals surface area contributed by atoms with E-state index in [4.69, 9.17) is 4.74 Å². The van der Waals surface area contributed by atoms with Gasteiger partial charge in [0.15, 0.2) is 17.3 Å². The number of benzene rings is 1. The molecule has 1 saturated heterocycles. The third kappa shape index (κ3) is 4.60. The molecule has 1 aromatic rings. The number of aromatic hydroxyl groups is 2. The van der Waals surface area contributed by atoms with Crippen LogP contribution in [0.3, 0.4) is 0 Å². The second-order valence-corrected chi connectivity index (χ2v) is 11.8. The summed E-state index contributed by atoms with van der Waals surface area (Å²) in [5, 5.41) is 29.4. The zero-order valence-corrected chi connectivity index (χ0v) is 21.7. The first-order valence-electron chi connectivity index (χ1n) is 13.1. The van der Waals surface area contributed by atoms with Crippen LogP contribution in [0.15, 0.2) is 18.2 Å². The number of phenols is 2. The molecule has 0 spiro atoms. The molecule has 2 bridgehead atoms. The monoisotopic (exact) mass is 501 g/mol. The van der Waals surface area contributed by atoms with Crippen molar-refractivity contribution in [2.24, 2.45) is 22.7 Å². The highest BCUT2D eigenvalue weighted by Gasteiger charge is 2.63. The molecule has 1 aromatic carbocycles. The quantitative estimate of drug-likeness (QED) is 0.369. The Labute approximate surface area is 212 Å². The molecule has 4 rings (SSSR count). The average Bonchev–Trinajstić information content (AvgIpc) is 3.44. The van der Waals surface area contributed by atoms with E-state index < -0.39 is 23.8 Å². The first-order valence-corrected chi connectivity index (χ1v) is 13.1. The van der Waals surface area contributed by atoms with E-state index >= 15 is 0 Å². The number of hydrogen-bond acceptors (Lipinski definition) is 7. The van der Waals surface area contributed by atoms with Crippen molar-refractivity contribution >= 4 is 17.7 Å². The Hall–Kier alpha value is -2.61. The van der Waals surface area contributed by atoms with Gasteiger partial charge < -0.3 is 25.0 Å². The van der Waals surface area contributed by atoms with E-state index in [0.29, 0.717) is 30.9 Å². The number of ketones is 1. The molecule has 3 unspecified atom stereocenters. The zero-order valence-electron chi connectivity index (χ0n) is 21.7. The van der Waals surface area contributed by atoms with Crippen LogP contribution in [0.2, 0.25) is 0 Å². The van der Waals surface area contributed by atoms with Crippen molar-refractivity contribution in [3.05, 3.63) is 23.8 Å². The van der Waals surface area contributed by atoms with E-state index in [-0.39, 0.29) is 53.2 Å². The highest BCUT2D eigenvalue weighted by Crippen LogP contribution is 2.66. The van der Waals surface area contributed by atoms with Crippen molar-refractivity contribution in [2.75, 3.05) is 6.54 Å². The number of aliphatic hydroxyl groups is 1. The minimum absolute atomic E-state index is 0.0379. The molecular formula is C28H39NO7. The SMILES string of the molecule is C[C@H](CC(=O)[C@H](O)Cc1ccc(O)c(O)c1)C(=O)N1CCC[C@H]1C(=O)OC1CC2CCC1(C)C2(C)C. The number of aliphatic hydroxyl groups excluding tert-OH is 1. The van der Waals surface area contributed by atoms with Crippen molar-refractivity contribution < 1.29 is 34.4 Å². The van der Waals surface area contributed by atoms with Crippen molar-refractivity contribution in [3.8, 4) is 11.5 Å². The standard InChI is InChI=1S/C28H39NO7/c1-16(12-21(31)23(33)14-17-7-8-20(30)22(32)13-17)25(34)29-11-5-6-19(29)26(35)36-24-15-18-9-10-28(24,4)27(18,2)3/h7-8,13,16,18-19,23-24,30,32-33H,5-6,9-12,14-15H2,1-4H3/t16-,18?,19+,23-,24?,28?/m1/s1. The fourth-order valence-electron chi connectivity index (χ4n) is 6.64. The van der Waals surface area contributed by atoms with Gasteiger partial charge in [-0.2, -0.15) is 0 Å². The predicted molar refractivity (Wildman–Crippen MR) is 132 cm³/mol. The number of phenolic OH excluding ortho intramolecular Hbond substituents is 2. The minimum Gasteiger partial charge on any atom is -0.504 e. The summed E-state index contributed by atoms with van der Waals surface area (Å²) in [5.41, 5.74) is 0.563. The van der Waals surface area contributed by atoms with E-state index in [9.17, 15) is 29.7 Å². The smallest absolute Gasteiger partial charge is 0.329 e. The lowest BCUT2D eigenvalue weighted by Gasteiger charge is -2.39. The Morgan fingerprint density at radius 2 is 1.86 bits per heavy atom. The molecule has 3 fully saturated rings. The Bertz CT molecular complexity index is 1040. The van der Waals surface area contributed by atoms with Crippen LogP contribution < -0.4 is 0 Å². The molecule has 2 aliphatic carbocycles. The summed E-state index contributed by atoms with van der Waals surface area (Å²) >= 11 is 0. The van der Waals surface area contributed by atoms with E-state index in [0.717, 1.165) is 19.3 Å². The van der Waals surface area contributed by atoms with Crippen LogP contribution in [0, 0.1) is 22.7 Å². The van der Waals surface area contributed by atoms with Gasteiger partial charge in [0.2, 0.25) is 5.91 Å². The molecule has 8 heteroatoms. The molecule has 6 atom stereocenters. The van der Waals surface area contributed by atoms with Crippen molar-refractivity contribution in [1.82, 2.24) is 4.90 Å². The lowest BCUT2D eigenvalue weighted by atomic mass is 9.70. The lowest BCUT2D eigenvalue weighted by molar-refractivity contribution is -0.165. The molecule has 0 radical (unpaired) electrons. The zero-order chi connectivity index (χ0) is 26.4. The second kappa shape index (κ2) is 9.69. The second-order valence-electron chi connectivity index (χ2n) is 11.8. The summed E-state index contributed by atoms with van der Waals surface area (Å²) in [4.78, 5) is 40.6. The number of ether oxygens (including phenoxy) is 1. The molecule has 8 nitrogen and oxygen atoms in total. The van der Waals surface area contributed by atoms with Crippen LogP contribution in [-0.4, -0.2) is 62.7 Å². The fraction of sp³-hybridized carbons (Fsp3) is 0.679. The van der Waals surface area contributed by atoms with E-state index in [1.807, 2.05) is 0 Å². The number of fused-ring (bicyclic) bond motifs is 2. The molecule has 3 aliphatic rings. The van der Waals surface area contributed by atoms with Crippen LogP contribution in [0.25, 0.3) is 0 Å². The number of hydrogen-bond donors (Lipinski definition) is 3. The Kier molecular flexibility index (Phi) is 7.12. The summed E-state index contributed by atoms with van der Waals surface area (Å²) in [6.07, 6.45) is 2.66. The minimum atomic E-state index is -1.34. The first kappa shape index (κ1) is 26.5. The number of rotatable bonds is 8. The Balaban J connectivity index is 1.33. The van der Waals surface area contributed by atoms with Gasteiger partial charge in [0.1, 0.15) is 18.2 Å². The van der Waals surface area contributed by atoms with Gasteiger partial charge in [-0.25, -0.2) is 4.79 Å². The van der Waals surface area contributed by atoms with E-state index in [1.54, 1.807) is 11.8 Å². The van der Waals surface area contributed by atoms with Gasteiger partial charge in [-0.15, -0.1) is 0 Å². The molecular weight excluding hydrogens is 462 g/mol. The van der Waals surface area contributed by atoms with Crippen molar-refractivity contribution in [2.45, 2.75) is 90.9 Å². The third-order valence-electron chi connectivity index (χ3n) is 9.55. The van der Waals surface area contributed by atoms with Crippen LogP contribution in [0.1, 0.15) is 71.8 Å². The fourth-order valence-corrected chi connectivity index (χ4v) is 6.64. The van der Waals surface area contributed by atoms with E-state index in [2.05, 4.69) is 20.8 Å². The van der Waals surface area contributed by atoms with Gasteiger partial charge >= 0.3 is 5.97 Å². The normalized spacial score (nSPS) is 30.2. The Morgan fingerprint density at radius 3 is 2.47 bits per heavy atom. The largest absolute Gasteiger partial charge is 0.504 e. The van der Waals surface area contributed by atoms with Gasteiger partial charge in [0.25, 0.3) is 0 Å². The van der Waals surface area contributed by atoms with Gasteiger partial charge in [0.05, 0.1) is 0 Å². The number of carbonyl (C=O) groups is 3. The lowest BCUT2D eigenvalue weighted by Crippen LogP contribution is -2.47. The summed E-state index contributed by atoms with van der Waals surface area (Å²) in [6, 6.07) is 3.46. The van der Waals surface area contributed by atoms with Gasteiger partial charge in [-0.3, -0.25) is 9.59 Å². The van der Waals surface area contributed by atoms with Gasteiger partial charge in [0, 0.05) is 30.7 Å². The van der Waals surface area contributed by atoms with E-state index in [1.165, 1.54) is 18.2 Å². The van der Waals surface area contributed by atoms with Crippen LogP contribution in [0.4, 0.5) is 0 Å². The summed E-state index contributed by atoms with van der Waals surface area (Å²) < 4.78 is 6.05. The molecule has 3 N–H and O–H groups in total. The maximum absolute atomic E-state index is 13.2. The highest BCUT2D eigenvalue weighted by atomic mass is 16.5. The summed E-state index contributed by atoms with van der Waals surface area (Å²) in [5.74, 6) is -1.87. The number of esters is 1. The number of carbonyl (C=O) groups excluding carboxylic acids is 3. The molecule has 198 valence electrons. The number of Topliss-reactive ketones (excluding diaryl/α,β-unsaturated/α-hetero) is 1. The number of nitrogens with zero attached hydrogens (tertiary/aromatic N) is 1. The number of amides is 1. The molecule has 1 aliphatic heterocycles. The predicted octanol–water partition coefficient (Wildman–Crippen LogP) is 3.35. The highest BCUT2D eigenvalue weighted by molar-refractivity contribution is 5.91. The maximum Gasteiger partial charge on any atom is 0.329 e. The molecule has 36 heavy (non-hydrogen) atoms. The van der Waals surface area contributed by atoms with Crippen LogP contribution >= 0.6 is 0 Å². The molecule has 1 amide bonds. The van der Waals surface area contributed by atoms with Gasteiger partial charge in [-0.05, 0) is 61.1 Å². The van der Waals surface area contributed by atoms with Crippen molar-refractivity contribution in [1.29, 1.82) is 0 Å².